The predicted octanol–water partition coefficient (Wildman–Crippen LogP) is 2.65. The molecule has 0 unspecified atom stereocenters. The molecule has 0 bridgehead atoms. The van der Waals surface area contributed by atoms with Gasteiger partial charge in [-0.15, -0.1) is 0 Å². The van der Waals surface area contributed by atoms with Gasteiger partial charge < -0.3 is 15.4 Å². The molecule has 0 fully saturated rings. The quantitative estimate of drug-likeness (QED) is 0.792. The van der Waals surface area contributed by atoms with Gasteiger partial charge >= 0.3 is 5.97 Å². The van der Waals surface area contributed by atoms with Crippen LogP contribution in [0.25, 0.3) is 0 Å². The van der Waals surface area contributed by atoms with Crippen LogP contribution in [0.4, 0.5) is 11.6 Å². The van der Waals surface area contributed by atoms with Crippen molar-refractivity contribution in [2.45, 2.75) is 20.3 Å². The van der Waals surface area contributed by atoms with Crippen molar-refractivity contribution >= 4 is 23.5 Å². The van der Waals surface area contributed by atoms with Gasteiger partial charge in [-0.3, -0.25) is 4.79 Å². The van der Waals surface area contributed by atoms with Crippen molar-refractivity contribution in [3.8, 4) is 0 Å². The Bertz CT molecular complexity index is 746. The van der Waals surface area contributed by atoms with Crippen LogP contribution in [0, 0.1) is 6.92 Å². The molecule has 2 N–H and O–H groups in total. The lowest BCUT2D eigenvalue weighted by Crippen LogP contribution is -2.18. The number of amides is 1. The maximum absolute atomic E-state index is 12.5. The van der Waals surface area contributed by atoms with E-state index < -0.39 is 11.9 Å². The Morgan fingerprint density at radius 1 is 1.21 bits per heavy atom. The first-order chi connectivity index (χ1) is 11.5. The predicted molar refractivity (Wildman–Crippen MR) is 91.3 cm³/mol. The van der Waals surface area contributed by atoms with Crippen molar-refractivity contribution in [3.05, 3.63) is 47.3 Å². The summed E-state index contributed by atoms with van der Waals surface area (Å²) in [6, 6.07) is 8.23. The van der Waals surface area contributed by atoms with Gasteiger partial charge in [0.05, 0.1) is 18.4 Å². The van der Waals surface area contributed by atoms with E-state index >= 15 is 0 Å². The zero-order valence-corrected chi connectivity index (χ0v) is 13.9. The smallest absolute Gasteiger partial charge is 0.339 e. The lowest BCUT2D eigenvalue weighted by molar-refractivity contribution is 0.0602. The highest BCUT2D eigenvalue weighted by atomic mass is 16.5. The lowest BCUT2D eigenvalue weighted by Gasteiger charge is -2.10. The van der Waals surface area contributed by atoms with Crippen LogP contribution in [0.1, 0.15) is 39.9 Å². The van der Waals surface area contributed by atoms with Gasteiger partial charge in [0.1, 0.15) is 5.69 Å². The van der Waals surface area contributed by atoms with Crippen molar-refractivity contribution in [2.24, 2.45) is 0 Å². The van der Waals surface area contributed by atoms with E-state index in [9.17, 15) is 9.59 Å². The molecule has 1 aromatic carbocycles. The molecule has 7 nitrogen and oxygen atoms in total. The van der Waals surface area contributed by atoms with Gasteiger partial charge in [-0.2, -0.15) is 0 Å². The maximum Gasteiger partial charge on any atom is 0.339 e. The third-order valence-electron chi connectivity index (χ3n) is 3.20. The van der Waals surface area contributed by atoms with Crippen LogP contribution in [-0.2, 0) is 4.74 Å². The van der Waals surface area contributed by atoms with E-state index in [1.165, 1.54) is 7.11 Å². The monoisotopic (exact) mass is 328 g/mol. The Balaban J connectivity index is 2.24. The first-order valence-corrected chi connectivity index (χ1v) is 7.63. The zero-order chi connectivity index (χ0) is 17.5. The number of para-hydroxylation sites is 1. The summed E-state index contributed by atoms with van der Waals surface area (Å²) in [5.74, 6) is -0.533. The normalized spacial score (nSPS) is 10.1. The molecule has 0 aliphatic rings. The summed E-state index contributed by atoms with van der Waals surface area (Å²) in [7, 11) is 1.29. The summed E-state index contributed by atoms with van der Waals surface area (Å²) in [4.78, 5) is 32.7. The molecule has 0 atom stereocenters. The molecule has 0 spiro atoms. The number of carbonyl (C=O) groups excluding carboxylic acids is 2. The molecule has 0 saturated heterocycles. The van der Waals surface area contributed by atoms with E-state index in [0.29, 0.717) is 17.3 Å². The van der Waals surface area contributed by atoms with E-state index in [1.807, 2.05) is 6.92 Å². The Morgan fingerprint density at radius 3 is 2.67 bits per heavy atom. The Hall–Kier alpha value is -2.96. The Labute approximate surface area is 140 Å². The van der Waals surface area contributed by atoms with Gasteiger partial charge in [0.15, 0.2) is 0 Å². The van der Waals surface area contributed by atoms with Gasteiger partial charge in [0, 0.05) is 12.2 Å². The first-order valence-electron chi connectivity index (χ1n) is 7.63. The number of ether oxygens (including phenoxy) is 1. The number of nitrogens with one attached hydrogen (secondary N) is 2. The topological polar surface area (TPSA) is 93.2 Å². The van der Waals surface area contributed by atoms with Gasteiger partial charge in [-0.25, -0.2) is 14.8 Å². The average Bonchev–Trinajstić information content (AvgIpc) is 2.59. The number of esters is 1. The number of anilines is 2. The highest BCUT2D eigenvalue weighted by Gasteiger charge is 2.16. The molecule has 0 saturated carbocycles. The molecule has 0 aliphatic heterocycles. The number of nitrogens with zero attached hydrogens (tertiary/aromatic N) is 2. The minimum atomic E-state index is -0.518. The standard InChI is InChI=1S/C17H20N4O3/c1-4-9-18-17-19-11(2)10-14(21-17)15(22)20-13-8-6-5-7-12(13)16(23)24-3/h5-8,10H,4,9H2,1-3H3,(H,20,22)(H,18,19,21). The number of carbonyl (C=O) groups is 2. The fraction of sp³-hybridized carbons (Fsp3) is 0.294. The van der Waals surface area contributed by atoms with Crippen LogP contribution in [0.15, 0.2) is 30.3 Å². The molecule has 2 rings (SSSR count). The number of rotatable bonds is 6. The van der Waals surface area contributed by atoms with Crippen molar-refractivity contribution in [1.29, 1.82) is 0 Å². The second-order valence-corrected chi connectivity index (χ2v) is 5.14. The van der Waals surface area contributed by atoms with E-state index in [4.69, 9.17) is 4.74 Å². The van der Waals surface area contributed by atoms with Crippen molar-refractivity contribution in [3.63, 3.8) is 0 Å². The Kier molecular flexibility index (Phi) is 5.83. The Morgan fingerprint density at radius 2 is 1.96 bits per heavy atom. The number of aryl methyl sites for hydroxylation is 1. The molecule has 0 aliphatic carbocycles. The maximum atomic E-state index is 12.5. The van der Waals surface area contributed by atoms with Crippen molar-refractivity contribution in [2.75, 3.05) is 24.3 Å². The molecule has 126 valence electrons. The summed E-state index contributed by atoms with van der Waals surface area (Å²) in [6.07, 6.45) is 0.922. The van der Waals surface area contributed by atoms with Crippen LogP contribution >= 0.6 is 0 Å². The van der Waals surface area contributed by atoms with Crippen LogP contribution in [0.2, 0.25) is 0 Å². The van der Waals surface area contributed by atoms with Crippen LogP contribution < -0.4 is 10.6 Å². The summed E-state index contributed by atoms with van der Waals surface area (Å²) in [5, 5.41) is 5.75. The molecule has 1 aromatic heterocycles. The number of methoxy groups -OCH3 is 1. The van der Waals surface area contributed by atoms with Gasteiger partial charge in [-0.05, 0) is 31.5 Å². The molecule has 2 aromatic rings. The van der Waals surface area contributed by atoms with Crippen LogP contribution in [0.3, 0.4) is 0 Å². The lowest BCUT2D eigenvalue weighted by atomic mass is 10.1. The van der Waals surface area contributed by atoms with Gasteiger partial charge in [0.2, 0.25) is 5.95 Å². The molecule has 7 heteroatoms. The van der Waals surface area contributed by atoms with Crippen molar-refractivity contribution < 1.29 is 14.3 Å². The molecule has 0 radical (unpaired) electrons. The second kappa shape index (κ2) is 8.05. The summed E-state index contributed by atoms with van der Waals surface area (Å²) < 4.78 is 4.72. The number of hydrogen-bond donors (Lipinski definition) is 2. The minimum Gasteiger partial charge on any atom is -0.465 e. The third kappa shape index (κ3) is 4.28. The van der Waals surface area contributed by atoms with E-state index in [0.717, 1.165) is 13.0 Å². The zero-order valence-electron chi connectivity index (χ0n) is 13.9. The summed E-state index contributed by atoms with van der Waals surface area (Å²) in [6.45, 7) is 4.54. The number of benzene rings is 1. The number of aromatic nitrogens is 2. The highest BCUT2D eigenvalue weighted by Crippen LogP contribution is 2.17. The van der Waals surface area contributed by atoms with Crippen LogP contribution in [-0.4, -0.2) is 35.5 Å². The van der Waals surface area contributed by atoms with E-state index in [-0.39, 0.29) is 11.3 Å². The van der Waals surface area contributed by atoms with E-state index in [1.54, 1.807) is 37.3 Å². The van der Waals surface area contributed by atoms with Crippen LogP contribution in [0.5, 0.6) is 0 Å². The molecular weight excluding hydrogens is 308 g/mol. The number of hydrogen-bond acceptors (Lipinski definition) is 6. The van der Waals surface area contributed by atoms with Gasteiger partial charge in [0.25, 0.3) is 5.91 Å². The summed E-state index contributed by atoms with van der Waals surface area (Å²) in [5.41, 5.74) is 1.55. The van der Waals surface area contributed by atoms with E-state index in [2.05, 4.69) is 20.6 Å². The van der Waals surface area contributed by atoms with Gasteiger partial charge in [-0.1, -0.05) is 19.1 Å². The highest BCUT2D eigenvalue weighted by molar-refractivity contribution is 6.07. The average molecular weight is 328 g/mol. The molecular formula is C17H20N4O3. The second-order valence-electron chi connectivity index (χ2n) is 5.14. The largest absolute Gasteiger partial charge is 0.465 e. The van der Waals surface area contributed by atoms with Crippen molar-refractivity contribution in [1.82, 2.24) is 9.97 Å². The summed E-state index contributed by atoms with van der Waals surface area (Å²) >= 11 is 0. The first kappa shape index (κ1) is 17.4. The molecule has 1 amide bonds. The molecule has 1 heterocycles. The SMILES string of the molecule is CCCNc1nc(C)cc(C(=O)Nc2ccccc2C(=O)OC)n1. The fourth-order valence-corrected chi connectivity index (χ4v) is 2.07. The minimum absolute atomic E-state index is 0.223. The molecule has 24 heavy (non-hydrogen) atoms. The third-order valence-corrected chi connectivity index (χ3v) is 3.20. The fourth-order valence-electron chi connectivity index (χ4n) is 2.07.